The molecule has 1 N–H and O–H groups in total. The molecule has 0 radical (unpaired) electrons. The van der Waals surface area contributed by atoms with Crippen LogP contribution in [0.15, 0.2) is 18.2 Å². The number of benzene rings is 1. The quantitative estimate of drug-likeness (QED) is 0.942. The Bertz CT molecular complexity index is 604. The number of nitrogens with zero attached hydrogens (tertiary/aromatic N) is 2. The molecule has 3 nitrogen and oxygen atoms in total. The maximum atomic E-state index is 13.7. The second kappa shape index (κ2) is 5.94. The second-order valence-electron chi connectivity index (χ2n) is 5.04. The Labute approximate surface area is 123 Å². The van der Waals surface area contributed by atoms with Crippen molar-refractivity contribution in [1.29, 1.82) is 0 Å². The van der Waals surface area contributed by atoms with Crippen LogP contribution in [-0.4, -0.2) is 21.0 Å². The van der Waals surface area contributed by atoms with Crippen LogP contribution in [0.5, 0.6) is 0 Å². The van der Waals surface area contributed by atoms with E-state index in [1.54, 1.807) is 16.8 Å². The fourth-order valence-electron chi connectivity index (χ4n) is 2.38. The van der Waals surface area contributed by atoms with Gasteiger partial charge >= 0.3 is 0 Å². The van der Waals surface area contributed by atoms with E-state index in [2.05, 4.69) is 5.10 Å². The summed E-state index contributed by atoms with van der Waals surface area (Å²) in [6, 6.07) is 4.55. The molecule has 0 saturated heterocycles. The lowest BCUT2D eigenvalue weighted by molar-refractivity contribution is 0.173. The normalized spacial score (nSPS) is 12.7. The number of hydrogen-bond donors (Lipinski definition) is 1. The summed E-state index contributed by atoms with van der Waals surface area (Å²) in [6.45, 7) is 3.86. The summed E-state index contributed by atoms with van der Waals surface area (Å²) in [7, 11) is 1.87. The van der Waals surface area contributed by atoms with Crippen molar-refractivity contribution >= 4 is 11.6 Å². The van der Waals surface area contributed by atoms with Crippen molar-refractivity contribution in [3.05, 3.63) is 51.6 Å². The first-order valence-corrected chi connectivity index (χ1v) is 6.88. The zero-order valence-electron chi connectivity index (χ0n) is 11.8. The predicted octanol–water partition coefficient (Wildman–Crippen LogP) is 2.98. The minimum atomic E-state index is -0.689. The van der Waals surface area contributed by atoms with Crippen LogP contribution in [0.1, 0.15) is 22.5 Å². The molecule has 0 saturated carbocycles. The molecule has 1 unspecified atom stereocenters. The molecule has 1 aromatic carbocycles. The molecule has 2 aromatic rings. The molecular formula is C15H18ClFN2O. The Hall–Kier alpha value is -1.39. The van der Waals surface area contributed by atoms with E-state index in [4.69, 9.17) is 11.6 Å². The number of hydrogen-bond acceptors (Lipinski definition) is 2. The van der Waals surface area contributed by atoms with Gasteiger partial charge in [-0.1, -0.05) is 17.7 Å². The fraction of sp³-hybridized carbons (Fsp3) is 0.400. The van der Waals surface area contributed by atoms with Crippen molar-refractivity contribution in [2.24, 2.45) is 7.05 Å². The van der Waals surface area contributed by atoms with Gasteiger partial charge in [-0.3, -0.25) is 4.68 Å². The van der Waals surface area contributed by atoms with E-state index in [1.807, 2.05) is 20.9 Å². The summed E-state index contributed by atoms with van der Waals surface area (Å²) in [6.07, 6.45) is -0.0545. The van der Waals surface area contributed by atoms with Gasteiger partial charge in [-0.2, -0.15) is 5.10 Å². The van der Waals surface area contributed by atoms with E-state index in [0.717, 1.165) is 17.0 Å². The maximum absolute atomic E-state index is 13.7. The molecule has 0 amide bonds. The van der Waals surface area contributed by atoms with Crippen LogP contribution in [0.2, 0.25) is 5.02 Å². The van der Waals surface area contributed by atoms with Crippen molar-refractivity contribution in [3.63, 3.8) is 0 Å². The fourth-order valence-corrected chi connectivity index (χ4v) is 2.62. The Morgan fingerprint density at radius 1 is 1.30 bits per heavy atom. The summed E-state index contributed by atoms with van der Waals surface area (Å²) in [5.74, 6) is -0.379. The number of aliphatic hydroxyl groups excluding tert-OH is 1. The van der Waals surface area contributed by atoms with Crippen LogP contribution in [0.4, 0.5) is 4.39 Å². The highest BCUT2D eigenvalue weighted by atomic mass is 35.5. The molecule has 0 aliphatic carbocycles. The third kappa shape index (κ3) is 3.02. The summed E-state index contributed by atoms with van der Waals surface area (Å²) < 4.78 is 15.5. The Balaban J connectivity index is 2.15. The van der Waals surface area contributed by atoms with E-state index in [-0.39, 0.29) is 12.2 Å². The Morgan fingerprint density at radius 2 is 1.95 bits per heavy atom. The van der Waals surface area contributed by atoms with Gasteiger partial charge in [-0.25, -0.2) is 4.39 Å². The molecule has 5 heteroatoms. The Kier molecular flexibility index (Phi) is 4.45. The van der Waals surface area contributed by atoms with Crippen molar-refractivity contribution < 1.29 is 9.50 Å². The average Bonchev–Trinajstić information content (AvgIpc) is 2.61. The van der Waals surface area contributed by atoms with Crippen LogP contribution >= 0.6 is 11.6 Å². The van der Waals surface area contributed by atoms with Gasteiger partial charge in [0.05, 0.1) is 11.8 Å². The summed E-state index contributed by atoms with van der Waals surface area (Å²) in [5.41, 5.74) is 3.28. The molecule has 108 valence electrons. The SMILES string of the molecule is Cc1nn(C)c(C)c1CC(O)Cc1c(F)cccc1Cl. The molecule has 2 rings (SSSR count). The van der Waals surface area contributed by atoms with E-state index in [9.17, 15) is 9.50 Å². The van der Waals surface area contributed by atoms with E-state index in [1.165, 1.54) is 6.07 Å². The molecule has 1 atom stereocenters. The minimum Gasteiger partial charge on any atom is -0.392 e. The van der Waals surface area contributed by atoms with Crippen LogP contribution in [0.25, 0.3) is 0 Å². The lowest BCUT2D eigenvalue weighted by Gasteiger charge is -2.13. The molecule has 0 aliphatic rings. The molecule has 20 heavy (non-hydrogen) atoms. The van der Waals surface area contributed by atoms with E-state index < -0.39 is 6.10 Å². The van der Waals surface area contributed by atoms with Crippen LogP contribution in [0, 0.1) is 19.7 Å². The number of aromatic nitrogens is 2. The predicted molar refractivity (Wildman–Crippen MR) is 77.5 cm³/mol. The Morgan fingerprint density at radius 3 is 2.50 bits per heavy atom. The zero-order valence-corrected chi connectivity index (χ0v) is 12.6. The van der Waals surface area contributed by atoms with Gasteiger partial charge in [0.25, 0.3) is 0 Å². The van der Waals surface area contributed by atoms with Gasteiger partial charge in [0.1, 0.15) is 5.82 Å². The number of aryl methyl sites for hydroxylation is 2. The van der Waals surface area contributed by atoms with Gasteiger partial charge in [0.15, 0.2) is 0 Å². The third-order valence-corrected chi connectivity index (χ3v) is 3.95. The molecule has 0 bridgehead atoms. The average molecular weight is 297 g/mol. The van der Waals surface area contributed by atoms with Crippen LogP contribution in [-0.2, 0) is 19.9 Å². The van der Waals surface area contributed by atoms with Crippen LogP contribution < -0.4 is 0 Å². The largest absolute Gasteiger partial charge is 0.392 e. The first-order valence-electron chi connectivity index (χ1n) is 6.50. The van der Waals surface area contributed by atoms with Gasteiger partial charge in [-0.15, -0.1) is 0 Å². The van der Waals surface area contributed by atoms with Gasteiger partial charge < -0.3 is 5.11 Å². The van der Waals surface area contributed by atoms with Gasteiger partial charge in [0, 0.05) is 36.2 Å². The number of aliphatic hydroxyl groups is 1. The first-order chi connectivity index (χ1) is 9.40. The van der Waals surface area contributed by atoms with Crippen molar-refractivity contribution in [2.75, 3.05) is 0 Å². The summed E-state index contributed by atoms with van der Waals surface area (Å²) in [5, 5.41) is 14.9. The minimum absolute atomic E-state index is 0.194. The number of halogens is 2. The second-order valence-corrected chi connectivity index (χ2v) is 5.44. The highest BCUT2D eigenvalue weighted by Gasteiger charge is 2.17. The van der Waals surface area contributed by atoms with Crippen molar-refractivity contribution in [2.45, 2.75) is 32.8 Å². The van der Waals surface area contributed by atoms with Gasteiger partial charge in [-0.05, 0) is 31.5 Å². The van der Waals surface area contributed by atoms with Gasteiger partial charge in [0.2, 0.25) is 0 Å². The number of rotatable bonds is 4. The molecule has 0 aliphatic heterocycles. The van der Waals surface area contributed by atoms with Crippen LogP contribution in [0.3, 0.4) is 0 Å². The molecular weight excluding hydrogens is 279 g/mol. The molecule has 1 aromatic heterocycles. The van der Waals surface area contributed by atoms with Crippen molar-refractivity contribution in [1.82, 2.24) is 9.78 Å². The topological polar surface area (TPSA) is 38.0 Å². The molecule has 1 heterocycles. The maximum Gasteiger partial charge on any atom is 0.127 e. The van der Waals surface area contributed by atoms with E-state index in [0.29, 0.717) is 17.0 Å². The zero-order chi connectivity index (χ0) is 14.9. The highest BCUT2D eigenvalue weighted by Crippen LogP contribution is 2.22. The summed E-state index contributed by atoms with van der Waals surface area (Å²) >= 11 is 5.98. The van der Waals surface area contributed by atoms with E-state index >= 15 is 0 Å². The lowest BCUT2D eigenvalue weighted by atomic mass is 10.00. The highest BCUT2D eigenvalue weighted by molar-refractivity contribution is 6.31. The monoisotopic (exact) mass is 296 g/mol. The third-order valence-electron chi connectivity index (χ3n) is 3.60. The lowest BCUT2D eigenvalue weighted by Crippen LogP contribution is -2.16. The van der Waals surface area contributed by atoms with Crippen molar-refractivity contribution in [3.8, 4) is 0 Å². The first kappa shape index (κ1) is 15.0. The summed E-state index contributed by atoms with van der Waals surface area (Å²) in [4.78, 5) is 0. The standard InChI is InChI=1S/C15H18ClFN2O/c1-9-12(10(2)19(3)18-9)7-11(20)8-13-14(16)5-4-6-15(13)17/h4-6,11,20H,7-8H2,1-3H3. The molecule has 0 fully saturated rings. The smallest absolute Gasteiger partial charge is 0.127 e. The molecule has 0 spiro atoms.